The Balaban J connectivity index is 1.57. The molecular formula is C16H15N3O2S. The van der Waals surface area contributed by atoms with Crippen LogP contribution in [0.1, 0.15) is 12.1 Å². The summed E-state index contributed by atoms with van der Waals surface area (Å²) < 4.78 is 0. The van der Waals surface area contributed by atoms with E-state index in [-0.39, 0.29) is 18.2 Å². The van der Waals surface area contributed by atoms with E-state index in [1.807, 2.05) is 42.5 Å². The van der Waals surface area contributed by atoms with Crippen LogP contribution in [0.5, 0.6) is 0 Å². The lowest BCUT2D eigenvalue weighted by Gasteiger charge is -2.23. The molecule has 0 saturated carbocycles. The number of hydrogen-bond donors (Lipinski definition) is 2. The molecule has 6 heteroatoms. The highest BCUT2D eigenvalue weighted by molar-refractivity contribution is 8.01. The van der Waals surface area contributed by atoms with Gasteiger partial charge in [-0.1, -0.05) is 18.2 Å². The first kappa shape index (κ1) is 14.6. The van der Waals surface area contributed by atoms with Crippen LogP contribution in [0.15, 0.2) is 53.6 Å². The van der Waals surface area contributed by atoms with Gasteiger partial charge in [0.15, 0.2) is 0 Å². The van der Waals surface area contributed by atoms with Gasteiger partial charge in [-0.15, -0.1) is 11.8 Å². The molecule has 2 aromatic rings. The highest BCUT2D eigenvalue weighted by Gasteiger charge is 2.28. The van der Waals surface area contributed by atoms with Crippen molar-refractivity contribution in [2.45, 2.75) is 23.1 Å². The number of benzene rings is 1. The third-order valence-corrected chi connectivity index (χ3v) is 4.55. The smallest absolute Gasteiger partial charge is 0.238 e. The predicted octanol–water partition coefficient (Wildman–Crippen LogP) is 2.20. The first-order valence-electron chi connectivity index (χ1n) is 6.95. The molecule has 3 rings (SSSR count). The Hall–Kier alpha value is -2.34. The van der Waals surface area contributed by atoms with Gasteiger partial charge in [0.05, 0.1) is 23.2 Å². The lowest BCUT2D eigenvalue weighted by molar-refractivity contribution is -0.124. The van der Waals surface area contributed by atoms with E-state index < -0.39 is 5.25 Å². The molecule has 1 aromatic carbocycles. The maximum absolute atomic E-state index is 12.0. The number of rotatable bonds is 4. The first-order valence-corrected chi connectivity index (χ1v) is 7.83. The van der Waals surface area contributed by atoms with Crippen LogP contribution in [0.25, 0.3) is 0 Å². The van der Waals surface area contributed by atoms with Crippen molar-refractivity contribution in [1.82, 2.24) is 10.3 Å². The normalized spacial score (nSPS) is 16.5. The molecule has 2 heterocycles. The Morgan fingerprint density at radius 2 is 2.05 bits per heavy atom. The van der Waals surface area contributed by atoms with Gasteiger partial charge in [-0.3, -0.25) is 14.6 Å². The van der Waals surface area contributed by atoms with Crippen molar-refractivity contribution in [3.8, 4) is 0 Å². The van der Waals surface area contributed by atoms with Gasteiger partial charge in [-0.05, 0) is 24.3 Å². The van der Waals surface area contributed by atoms with Gasteiger partial charge < -0.3 is 10.6 Å². The predicted molar refractivity (Wildman–Crippen MR) is 85.4 cm³/mol. The average Bonchev–Trinajstić information content (AvgIpc) is 2.55. The van der Waals surface area contributed by atoms with E-state index in [9.17, 15) is 9.59 Å². The molecule has 0 saturated heterocycles. The van der Waals surface area contributed by atoms with Crippen molar-refractivity contribution in [2.24, 2.45) is 0 Å². The zero-order valence-corrected chi connectivity index (χ0v) is 12.6. The second kappa shape index (κ2) is 6.62. The number of anilines is 1. The van der Waals surface area contributed by atoms with Crippen LogP contribution in [-0.2, 0) is 16.1 Å². The first-order chi connectivity index (χ1) is 10.7. The molecule has 0 spiro atoms. The Morgan fingerprint density at radius 3 is 2.86 bits per heavy atom. The second-order valence-corrected chi connectivity index (χ2v) is 6.14. The van der Waals surface area contributed by atoms with Crippen molar-refractivity contribution >= 4 is 29.3 Å². The molecule has 5 nitrogen and oxygen atoms in total. The highest BCUT2D eigenvalue weighted by atomic mass is 32.2. The van der Waals surface area contributed by atoms with Gasteiger partial charge in [0.25, 0.3) is 0 Å². The molecule has 2 N–H and O–H groups in total. The van der Waals surface area contributed by atoms with Crippen LogP contribution in [0, 0.1) is 0 Å². The Morgan fingerprint density at radius 1 is 1.23 bits per heavy atom. The van der Waals surface area contributed by atoms with Gasteiger partial charge in [-0.2, -0.15) is 0 Å². The van der Waals surface area contributed by atoms with Crippen molar-refractivity contribution in [3.63, 3.8) is 0 Å². The van der Waals surface area contributed by atoms with Gasteiger partial charge >= 0.3 is 0 Å². The van der Waals surface area contributed by atoms with Crippen molar-refractivity contribution in [2.75, 3.05) is 5.32 Å². The summed E-state index contributed by atoms with van der Waals surface area (Å²) in [6, 6.07) is 13.1. The summed E-state index contributed by atoms with van der Waals surface area (Å²) >= 11 is 1.43. The zero-order valence-electron chi connectivity index (χ0n) is 11.8. The minimum absolute atomic E-state index is 0.128. The minimum atomic E-state index is -0.404. The maximum Gasteiger partial charge on any atom is 0.238 e. The summed E-state index contributed by atoms with van der Waals surface area (Å²) in [4.78, 5) is 29.2. The number of amides is 2. The van der Waals surface area contributed by atoms with Crippen molar-refractivity contribution < 1.29 is 9.59 Å². The van der Waals surface area contributed by atoms with Crippen LogP contribution in [-0.4, -0.2) is 22.0 Å². The zero-order chi connectivity index (χ0) is 15.4. The fourth-order valence-electron chi connectivity index (χ4n) is 2.16. The van der Waals surface area contributed by atoms with Crippen LogP contribution in [0.4, 0.5) is 5.69 Å². The molecule has 2 amide bonds. The van der Waals surface area contributed by atoms with E-state index >= 15 is 0 Å². The third-order valence-electron chi connectivity index (χ3n) is 3.27. The Bertz CT molecular complexity index is 691. The summed E-state index contributed by atoms with van der Waals surface area (Å²) in [5.41, 5.74) is 1.60. The van der Waals surface area contributed by atoms with E-state index in [0.29, 0.717) is 6.54 Å². The molecule has 0 bridgehead atoms. The van der Waals surface area contributed by atoms with E-state index in [2.05, 4.69) is 15.6 Å². The fraction of sp³-hybridized carbons (Fsp3) is 0.188. The van der Waals surface area contributed by atoms with E-state index in [1.165, 1.54) is 11.8 Å². The summed E-state index contributed by atoms with van der Waals surface area (Å²) in [6.45, 7) is 0.370. The number of para-hydroxylation sites is 1. The fourth-order valence-corrected chi connectivity index (χ4v) is 3.27. The molecule has 1 atom stereocenters. The van der Waals surface area contributed by atoms with Crippen LogP contribution >= 0.6 is 11.8 Å². The number of aromatic nitrogens is 1. The summed E-state index contributed by atoms with van der Waals surface area (Å²) in [6.07, 6.45) is 1.83. The quantitative estimate of drug-likeness (QED) is 0.908. The van der Waals surface area contributed by atoms with Crippen LogP contribution < -0.4 is 10.6 Å². The number of thioether (sulfide) groups is 1. The number of fused-ring (bicyclic) bond motifs is 1. The molecule has 1 aliphatic rings. The Kier molecular flexibility index (Phi) is 4.39. The molecule has 22 heavy (non-hydrogen) atoms. The van der Waals surface area contributed by atoms with Gasteiger partial charge in [-0.25, -0.2) is 0 Å². The monoisotopic (exact) mass is 313 g/mol. The molecule has 0 aliphatic carbocycles. The van der Waals surface area contributed by atoms with Gasteiger partial charge in [0.2, 0.25) is 11.8 Å². The average molecular weight is 313 g/mol. The summed E-state index contributed by atoms with van der Waals surface area (Å²) in [5.74, 6) is -0.283. The summed E-state index contributed by atoms with van der Waals surface area (Å²) in [7, 11) is 0. The number of nitrogens with zero attached hydrogens (tertiary/aromatic N) is 1. The van der Waals surface area contributed by atoms with Gasteiger partial charge in [0.1, 0.15) is 0 Å². The van der Waals surface area contributed by atoms with Crippen LogP contribution in [0.3, 0.4) is 0 Å². The van der Waals surface area contributed by atoms with Crippen LogP contribution in [0.2, 0.25) is 0 Å². The van der Waals surface area contributed by atoms with Crippen molar-refractivity contribution in [3.05, 3.63) is 54.4 Å². The molecule has 1 aromatic heterocycles. The molecule has 112 valence electrons. The molecular weight excluding hydrogens is 298 g/mol. The topological polar surface area (TPSA) is 71.1 Å². The Labute approximate surface area is 132 Å². The lowest BCUT2D eigenvalue weighted by Crippen LogP contribution is -2.34. The second-order valence-electron chi connectivity index (χ2n) is 4.89. The van der Waals surface area contributed by atoms with E-state index in [1.54, 1.807) is 6.20 Å². The molecule has 0 unspecified atom stereocenters. The number of hydrogen-bond acceptors (Lipinski definition) is 4. The largest absolute Gasteiger partial charge is 0.350 e. The highest BCUT2D eigenvalue weighted by Crippen LogP contribution is 2.36. The number of pyridine rings is 1. The molecule has 0 fully saturated rings. The molecule has 1 aliphatic heterocycles. The summed E-state index contributed by atoms with van der Waals surface area (Å²) in [5, 5.41) is 5.23. The number of nitrogens with one attached hydrogen (secondary N) is 2. The SMILES string of the molecule is O=C(C[C@H]1Sc2ccccc2NC1=O)NCc1ccccn1. The minimum Gasteiger partial charge on any atom is -0.350 e. The third kappa shape index (κ3) is 3.46. The van der Waals surface area contributed by atoms with E-state index in [4.69, 9.17) is 0 Å². The van der Waals surface area contributed by atoms with Gasteiger partial charge in [0, 0.05) is 17.5 Å². The number of carbonyl (C=O) groups is 2. The lowest BCUT2D eigenvalue weighted by atomic mass is 10.2. The van der Waals surface area contributed by atoms with Crippen molar-refractivity contribution in [1.29, 1.82) is 0 Å². The van der Waals surface area contributed by atoms with E-state index in [0.717, 1.165) is 16.3 Å². The maximum atomic E-state index is 12.0. The molecule has 0 radical (unpaired) electrons. The number of carbonyl (C=O) groups excluding carboxylic acids is 2. The standard InChI is InChI=1S/C16H15N3O2S/c20-15(18-10-11-5-3-4-8-17-11)9-14-16(21)19-12-6-1-2-7-13(12)22-14/h1-8,14H,9-10H2,(H,18,20)(H,19,21)/t14-/m1/s1.